The lowest BCUT2D eigenvalue weighted by Gasteiger charge is -2.42. The molecule has 0 bridgehead atoms. The van der Waals surface area contributed by atoms with Crippen molar-refractivity contribution in [1.29, 1.82) is 0 Å². The molecule has 1 aliphatic carbocycles. The van der Waals surface area contributed by atoms with Gasteiger partial charge in [-0.05, 0) is 50.7 Å². The third-order valence-electron chi connectivity index (χ3n) is 5.55. The first-order valence-electron chi connectivity index (χ1n) is 7.48. The van der Waals surface area contributed by atoms with Crippen LogP contribution >= 0.6 is 0 Å². The van der Waals surface area contributed by atoms with Crippen molar-refractivity contribution in [2.75, 3.05) is 0 Å². The van der Waals surface area contributed by atoms with Crippen molar-refractivity contribution in [3.05, 3.63) is 12.2 Å². The van der Waals surface area contributed by atoms with E-state index in [0.29, 0.717) is 12.0 Å². The van der Waals surface area contributed by atoms with Gasteiger partial charge in [-0.15, -0.1) is 0 Å². The minimum atomic E-state index is -1.73. The summed E-state index contributed by atoms with van der Waals surface area (Å²) in [4.78, 5) is 0. The number of allylic oxidation sites excluding steroid dienone is 1. The van der Waals surface area contributed by atoms with Gasteiger partial charge in [0, 0.05) is 0 Å². The molecule has 2 nitrogen and oxygen atoms in total. The van der Waals surface area contributed by atoms with Crippen molar-refractivity contribution in [2.24, 2.45) is 5.92 Å². The fourth-order valence-corrected chi connectivity index (χ4v) is 4.18. The summed E-state index contributed by atoms with van der Waals surface area (Å²) in [7, 11) is -1.73. The number of ether oxygens (including phenoxy) is 1. The molecule has 4 atom stereocenters. The molecule has 1 heterocycles. The van der Waals surface area contributed by atoms with E-state index in [9.17, 15) is 0 Å². The molecule has 110 valence electrons. The van der Waals surface area contributed by atoms with Gasteiger partial charge in [0.2, 0.25) is 0 Å². The van der Waals surface area contributed by atoms with Gasteiger partial charge in [-0.2, -0.15) is 0 Å². The zero-order valence-electron chi connectivity index (χ0n) is 13.7. The van der Waals surface area contributed by atoms with E-state index in [1.54, 1.807) is 0 Å². The Morgan fingerprint density at radius 3 is 2.37 bits per heavy atom. The lowest BCUT2D eigenvalue weighted by Crippen LogP contribution is -2.50. The Balaban J connectivity index is 2.12. The zero-order valence-corrected chi connectivity index (χ0v) is 14.7. The van der Waals surface area contributed by atoms with E-state index in [4.69, 9.17) is 9.16 Å². The summed E-state index contributed by atoms with van der Waals surface area (Å²) in [6.07, 6.45) is 2.84. The smallest absolute Gasteiger partial charge is 0.192 e. The largest absolute Gasteiger partial charge is 0.411 e. The Morgan fingerprint density at radius 1 is 1.32 bits per heavy atom. The van der Waals surface area contributed by atoms with Crippen LogP contribution in [0.1, 0.15) is 47.5 Å². The molecule has 3 heteroatoms. The average Bonchev–Trinajstić information content (AvgIpc) is 2.87. The molecular weight excluding hydrogens is 252 g/mol. The average molecular weight is 282 g/mol. The van der Waals surface area contributed by atoms with Crippen molar-refractivity contribution in [1.82, 2.24) is 0 Å². The first-order valence-corrected chi connectivity index (χ1v) is 10.4. The Labute approximate surface area is 119 Å². The molecule has 0 amide bonds. The molecule has 1 aliphatic heterocycles. The highest BCUT2D eigenvalue weighted by Crippen LogP contribution is 2.53. The molecule has 0 aromatic heterocycles. The molecule has 19 heavy (non-hydrogen) atoms. The maximum atomic E-state index is 6.65. The number of fused-ring (bicyclic) bond motifs is 1. The predicted octanol–water partition coefficient (Wildman–Crippen LogP) is 4.52. The van der Waals surface area contributed by atoms with E-state index >= 15 is 0 Å². The van der Waals surface area contributed by atoms with Crippen LogP contribution < -0.4 is 0 Å². The molecule has 2 fully saturated rings. The van der Waals surface area contributed by atoms with Crippen LogP contribution in [0, 0.1) is 5.92 Å². The van der Waals surface area contributed by atoms with Crippen LogP contribution in [0.5, 0.6) is 0 Å². The highest BCUT2D eigenvalue weighted by atomic mass is 28.4. The molecule has 2 rings (SSSR count). The number of hydrogen-bond donors (Lipinski definition) is 0. The Bertz CT molecular complexity index is 383. The maximum Gasteiger partial charge on any atom is 0.192 e. The normalized spacial score (nSPS) is 38.8. The van der Waals surface area contributed by atoms with Gasteiger partial charge in [-0.3, -0.25) is 0 Å². The Hall–Kier alpha value is -0.123. The van der Waals surface area contributed by atoms with Crippen LogP contribution in [0.15, 0.2) is 12.2 Å². The lowest BCUT2D eigenvalue weighted by atomic mass is 9.78. The summed E-state index contributed by atoms with van der Waals surface area (Å²) in [6, 6.07) is 0. The van der Waals surface area contributed by atoms with E-state index in [0.717, 1.165) is 12.8 Å². The number of epoxide rings is 1. The number of rotatable bonds is 3. The minimum absolute atomic E-state index is 0.0263. The molecule has 0 unspecified atom stereocenters. The van der Waals surface area contributed by atoms with Gasteiger partial charge in [0.25, 0.3) is 0 Å². The first-order chi connectivity index (χ1) is 8.47. The standard InChI is InChI=1S/C16H30O2Si/c1-11(2)12-9-13-16(6,17-13)14(10-12)18-19(7,8)15(3,4)5/h12-14H,1,9-10H2,2-8H3/t12-,13-,14+,16-/m1/s1. The second kappa shape index (κ2) is 4.44. The third kappa shape index (κ3) is 2.70. The summed E-state index contributed by atoms with van der Waals surface area (Å²) < 4.78 is 12.6. The fourth-order valence-electron chi connectivity index (χ4n) is 2.78. The van der Waals surface area contributed by atoms with E-state index in [1.165, 1.54) is 5.57 Å². The summed E-state index contributed by atoms with van der Waals surface area (Å²) in [5, 5.41) is 0.254. The molecule has 1 saturated heterocycles. The number of hydrogen-bond acceptors (Lipinski definition) is 2. The second-order valence-electron chi connectivity index (χ2n) is 8.17. The summed E-state index contributed by atoms with van der Waals surface area (Å²) in [6.45, 7) is 20.1. The van der Waals surface area contributed by atoms with Gasteiger partial charge in [0.1, 0.15) is 5.60 Å². The molecule has 1 saturated carbocycles. The van der Waals surface area contributed by atoms with Crippen molar-refractivity contribution < 1.29 is 9.16 Å². The Kier molecular flexibility index (Phi) is 3.57. The van der Waals surface area contributed by atoms with Crippen LogP contribution in [-0.2, 0) is 9.16 Å². The monoisotopic (exact) mass is 282 g/mol. The quantitative estimate of drug-likeness (QED) is 0.431. The van der Waals surface area contributed by atoms with E-state index in [2.05, 4.69) is 54.3 Å². The van der Waals surface area contributed by atoms with Gasteiger partial charge < -0.3 is 9.16 Å². The molecular formula is C16H30O2Si. The molecule has 0 spiro atoms. The van der Waals surface area contributed by atoms with Gasteiger partial charge >= 0.3 is 0 Å². The van der Waals surface area contributed by atoms with Crippen LogP contribution in [-0.4, -0.2) is 26.1 Å². The van der Waals surface area contributed by atoms with Crippen molar-refractivity contribution in [2.45, 2.75) is 83.4 Å². The van der Waals surface area contributed by atoms with Crippen LogP contribution in [0.3, 0.4) is 0 Å². The van der Waals surface area contributed by atoms with Gasteiger partial charge in [-0.1, -0.05) is 32.9 Å². The zero-order chi connectivity index (χ0) is 14.6. The van der Waals surface area contributed by atoms with Gasteiger partial charge in [-0.25, -0.2) is 0 Å². The van der Waals surface area contributed by atoms with Crippen LogP contribution in [0.4, 0.5) is 0 Å². The van der Waals surface area contributed by atoms with Gasteiger partial charge in [0.05, 0.1) is 12.2 Å². The topological polar surface area (TPSA) is 21.8 Å². The summed E-state index contributed by atoms with van der Waals surface area (Å²) in [5.74, 6) is 0.565. The van der Waals surface area contributed by atoms with E-state index in [1.807, 2.05) is 0 Å². The fraction of sp³-hybridized carbons (Fsp3) is 0.875. The highest BCUT2D eigenvalue weighted by Gasteiger charge is 2.63. The SMILES string of the molecule is C=C(C)[C@H]1C[C@H](O[Si](C)(C)C(C)(C)C)[C@]2(C)O[C@@H]2C1. The summed E-state index contributed by atoms with van der Waals surface area (Å²) >= 11 is 0. The maximum absolute atomic E-state index is 6.65. The highest BCUT2D eigenvalue weighted by molar-refractivity contribution is 6.74. The van der Waals surface area contributed by atoms with Gasteiger partial charge in [0.15, 0.2) is 8.32 Å². The molecule has 0 aromatic rings. The van der Waals surface area contributed by atoms with Crippen molar-refractivity contribution >= 4 is 8.32 Å². The van der Waals surface area contributed by atoms with Crippen LogP contribution in [0.25, 0.3) is 0 Å². The first kappa shape index (κ1) is 15.3. The Morgan fingerprint density at radius 2 is 1.89 bits per heavy atom. The van der Waals surface area contributed by atoms with E-state index in [-0.39, 0.29) is 16.7 Å². The second-order valence-corrected chi connectivity index (χ2v) is 12.9. The molecule has 2 aliphatic rings. The molecule has 0 aromatic carbocycles. The van der Waals surface area contributed by atoms with Crippen LogP contribution in [0.2, 0.25) is 18.1 Å². The molecule has 0 N–H and O–H groups in total. The minimum Gasteiger partial charge on any atom is -0.411 e. The predicted molar refractivity (Wildman–Crippen MR) is 82.9 cm³/mol. The lowest BCUT2D eigenvalue weighted by molar-refractivity contribution is 0.0732. The third-order valence-corrected chi connectivity index (χ3v) is 10.0. The molecule has 0 radical (unpaired) electrons. The van der Waals surface area contributed by atoms with Crippen molar-refractivity contribution in [3.63, 3.8) is 0 Å². The summed E-state index contributed by atoms with van der Waals surface area (Å²) in [5.41, 5.74) is 1.25. The van der Waals surface area contributed by atoms with E-state index < -0.39 is 8.32 Å². The van der Waals surface area contributed by atoms with Crippen molar-refractivity contribution in [3.8, 4) is 0 Å².